The van der Waals surface area contributed by atoms with Gasteiger partial charge in [-0.25, -0.2) is 0 Å². The van der Waals surface area contributed by atoms with E-state index in [0.29, 0.717) is 12.2 Å². The second kappa shape index (κ2) is 11.3. The van der Waals surface area contributed by atoms with Crippen molar-refractivity contribution in [2.24, 2.45) is 0 Å². The van der Waals surface area contributed by atoms with Gasteiger partial charge in [-0.15, -0.1) is 0 Å². The van der Waals surface area contributed by atoms with Crippen molar-refractivity contribution in [1.82, 2.24) is 0 Å². The van der Waals surface area contributed by atoms with E-state index in [4.69, 9.17) is 4.74 Å². The van der Waals surface area contributed by atoms with Crippen LogP contribution in [-0.2, 0) is 11.3 Å². The molecule has 0 saturated heterocycles. The van der Waals surface area contributed by atoms with Gasteiger partial charge in [0.25, 0.3) is 0 Å². The van der Waals surface area contributed by atoms with E-state index < -0.39 is 12.1 Å². The first-order valence-corrected chi connectivity index (χ1v) is 13.2. The number of rotatable bonds is 9. The first-order valence-electron chi connectivity index (χ1n) is 13.2. The molecule has 6 aromatic rings. The van der Waals surface area contributed by atoms with Crippen molar-refractivity contribution in [2.75, 3.05) is 5.32 Å². The molecule has 0 saturated carbocycles. The first kappa shape index (κ1) is 24.6. The summed E-state index contributed by atoms with van der Waals surface area (Å²) in [7, 11) is 0. The maximum Gasteiger partial charge on any atom is 0.194 e. The second-order valence-electron chi connectivity index (χ2n) is 9.66. The van der Waals surface area contributed by atoms with Crippen molar-refractivity contribution in [3.8, 4) is 0 Å². The van der Waals surface area contributed by atoms with E-state index in [-0.39, 0.29) is 5.78 Å². The number of benzene rings is 6. The lowest BCUT2D eigenvalue weighted by Crippen LogP contribution is -2.35. The first-order chi connectivity index (χ1) is 19.3. The highest BCUT2D eigenvalue weighted by atomic mass is 16.5. The van der Waals surface area contributed by atoms with Crippen LogP contribution in [0.1, 0.15) is 27.5 Å². The van der Waals surface area contributed by atoms with Crippen LogP contribution in [0.4, 0.5) is 5.69 Å². The van der Waals surface area contributed by atoms with Gasteiger partial charge in [-0.2, -0.15) is 0 Å². The fraction of sp³-hybridized carbons (Fsp3) is 0.0833. The quantitative estimate of drug-likeness (QED) is 0.157. The minimum absolute atomic E-state index is 0.0579. The average molecular weight is 508 g/mol. The van der Waals surface area contributed by atoms with Crippen LogP contribution < -0.4 is 5.32 Å². The molecule has 6 rings (SSSR count). The number of Topliss-reactive ketones (excluding diaryl/α,β-unsaturated/α-hetero) is 1. The van der Waals surface area contributed by atoms with Crippen molar-refractivity contribution in [3.63, 3.8) is 0 Å². The summed E-state index contributed by atoms with van der Waals surface area (Å²) in [5, 5.41) is 8.19. The fourth-order valence-corrected chi connectivity index (χ4v) is 5.23. The van der Waals surface area contributed by atoms with Gasteiger partial charge in [-0.1, -0.05) is 127 Å². The molecule has 190 valence electrons. The lowest BCUT2D eigenvalue weighted by molar-refractivity contribution is 0.0267. The van der Waals surface area contributed by atoms with Crippen LogP contribution in [0.2, 0.25) is 0 Å². The molecule has 6 aromatic carbocycles. The summed E-state index contributed by atoms with van der Waals surface area (Å²) in [6, 6.07) is 48.0. The van der Waals surface area contributed by atoms with Gasteiger partial charge in [0, 0.05) is 11.3 Å². The van der Waals surface area contributed by atoms with Crippen molar-refractivity contribution >= 4 is 33.0 Å². The van der Waals surface area contributed by atoms with E-state index in [2.05, 4.69) is 59.9 Å². The van der Waals surface area contributed by atoms with Gasteiger partial charge in [0.1, 0.15) is 6.10 Å². The molecule has 2 atom stereocenters. The number of ether oxygens (including phenoxy) is 1. The van der Waals surface area contributed by atoms with Crippen LogP contribution in [-0.4, -0.2) is 11.9 Å². The lowest BCUT2D eigenvalue weighted by atomic mass is 9.93. The number of nitrogens with one attached hydrogen (secondary N) is 1. The maximum absolute atomic E-state index is 14.1. The normalized spacial score (nSPS) is 12.7. The number of fused-ring (bicyclic) bond motifs is 2. The van der Waals surface area contributed by atoms with Gasteiger partial charge >= 0.3 is 0 Å². The molecule has 3 heteroatoms. The van der Waals surface area contributed by atoms with E-state index in [9.17, 15) is 4.79 Å². The zero-order chi connectivity index (χ0) is 26.4. The molecule has 0 aliphatic heterocycles. The van der Waals surface area contributed by atoms with E-state index in [1.54, 1.807) is 0 Å². The van der Waals surface area contributed by atoms with Gasteiger partial charge in [0.05, 0.1) is 12.6 Å². The monoisotopic (exact) mass is 507 g/mol. The summed E-state index contributed by atoms with van der Waals surface area (Å²) in [6.07, 6.45) is -0.771. The zero-order valence-electron chi connectivity index (χ0n) is 21.5. The molecule has 1 N–H and O–H groups in total. The van der Waals surface area contributed by atoms with Crippen molar-refractivity contribution in [2.45, 2.75) is 18.8 Å². The number of hydrogen-bond acceptors (Lipinski definition) is 3. The third kappa shape index (κ3) is 5.31. The van der Waals surface area contributed by atoms with E-state index >= 15 is 0 Å². The minimum Gasteiger partial charge on any atom is -0.375 e. The van der Waals surface area contributed by atoms with Gasteiger partial charge in [-0.05, 0) is 50.9 Å². The fourth-order valence-electron chi connectivity index (χ4n) is 5.23. The largest absolute Gasteiger partial charge is 0.375 e. The highest BCUT2D eigenvalue weighted by molar-refractivity contribution is 6.02. The summed E-state index contributed by atoms with van der Waals surface area (Å²) >= 11 is 0. The van der Waals surface area contributed by atoms with Gasteiger partial charge < -0.3 is 10.1 Å². The van der Waals surface area contributed by atoms with Crippen molar-refractivity contribution in [1.29, 1.82) is 0 Å². The summed E-state index contributed by atoms with van der Waals surface area (Å²) < 4.78 is 6.74. The Morgan fingerprint density at radius 3 is 1.74 bits per heavy atom. The molecular formula is C36H29NO2. The Bertz CT molecular complexity index is 1640. The highest BCUT2D eigenvalue weighted by Gasteiger charge is 2.32. The number of anilines is 1. The van der Waals surface area contributed by atoms with Crippen LogP contribution in [0.15, 0.2) is 146 Å². The predicted octanol–water partition coefficient (Wildman–Crippen LogP) is 8.61. The Morgan fingerprint density at radius 1 is 0.615 bits per heavy atom. The van der Waals surface area contributed by atoms with Crippen LogP contribution in [0, 0.1) is 0 Å². The Hall–Kier alpha value is -4.73. The molecule has 0 fully saturated rings. The molecule has 39 heavy (non-hydrogen) atoms. The molecule has 0 heterocycles. The minimum atomic E-state index is -0.771. The smallest absolute Gasteiger partial charge is 0.194 e. The second-order valence-corrected chi connectivity index (χ2v) is 9.66. The topological polar surface area (TPSA) is 38.3 Å². The van der Waals surface area contributed by atoms with Crippen molar-refractivity contribution < 1.29 is 9.53 Å². The SMILES string of the molecule is O=C(c1ccccc1)[C@@H](OCc1c2ccccc2cc2ccccc12)[C@H](Nc1ccccc1)c1ccccc1. The Morgan fingerprint density at radius 2 is 1.13 bits per heavy atom. The summed E-state index contributed by atoms with van der Waals surface area (Å²) in [5.74, 6) is -0.0579. The van der Waals surface area contributed by atoms with E-state index in [1.807, 2.05) is 91.0 Å². The Labute approximate surface area is 228 Å². The molecule has 0 aliphatic carbocycles. The molecular weight excluding hydrogens is 478 g/mol. The molecule has 0 bridgehead atoms. The Kier molecular flexibility index (Phi) is 7.15. The van der Waals surface area contributed by atoms with Gasteiger partial charge in [-0.3, -0.25) is 4.79 Å². The van der Waals surface area contributed by atoms with Crippen LogP contribution in [0.3, 0.4) is 0 Å². The third-order valence-corrected chi connectivity index (χ3v) is 7.16. The summed E-state index contributed by atoms with van der Waals surface area (Å²) in [6.45, 7) is 0.297. The maximum atomic E-state index is 14.1. The number of ketones is 1. The number of carbonyl (C=O) groups is 1. The zero-order valence-corrected chi connectivity index (χ0v) is 21.5. The molecule has 0 amide bonds. The average Bonchev–Trinajstić information content (AvgIpc) is 3.01. The summed E-state index contributed by atoms with van der Waals surface area (Å²) in [4.78, 5) is 14.1. The van der Waals surface area contributed by atoms with Gasteiger partial charge in [0.15, 0.2) is 5.78 Å². The van der Waals surface area contributed by atoms with Gasteiger partial charge in [0.2, 0.25) is 0 Å². The Balaban J connectivity index is 1.45. The molecule has 0 aliphatic rings. The molecule has 3 nitrogen and oxygen atoms in total. The standard InChI is InChI=1S/C36H29NO2/c38-35(27-16-6-2-7-17-27)36(34(26-14-4-1-5-15-26)37-30-20-8-3-9-21-30)39-25-33-31-22-12-10-18-28(31)24-29-19-11-13-23-32(29)33/h1-24,34,36-37H,25H2/t34-,36+/m1/s1. The highest BCUT2D eigenvalue weighted by Crippen LogP contribution is 2.32. The van der Waals surface area contributed by atoms with E-state index in [1.165, 1.54) is 0 Å². The molecule has 0 aromatic heterocycles. The van der Waals surface area contributed by atoms with Crippen LogP contribution >= 0.6 is 0 Å². The molecule has 0 unspecified atom stereocenters. The third-order valence-electron chi connectivity index (χ3n) is 7.16. The number of para-hydroxylation sites is 1. The number of carbonyl (C=O) groups excluding carboxylic acids is 1. The summed E-state index contributed by atoms with van der Waals surface area (Å²) in [5.41, 5.74) is 3.62. The predicted molar refractivity (Wildman–Crippen MR) is 160 cm³/mol. The van der Waals surface area contributed by atoms with Crippen LogP contribution in [0.5, 0.6) is 0 Å². The number of hydrogen-bond donors (Lipinski definition) is 1. The lowest BCUT2D eigenvalue weighted by Gasteiger charge is -2.29. The molecule has 0 spiro atoms. The van der Waals surface area contributed by atoms with E-state index in [0.717, 1.165) is 38.4 Å². The van der Waals surface area contributed by atoms with Crippen LogP contribution in [0.25, 0.3) is 21.5 Å². The molecule has 0 radical (unpaired) electrons. The van der Waals surface area contributed by atoms with Crippen molar-refractivity contribution in [3.05, 3.63) is 162 Å².